The molecule has 0 saturated carbocycles. The van der Waals surface area contributed by atoms with E-state index in [2.05, 4.69) is 36.5 Å². The molecule has 0 spiro atoms. The Labute approximate surface area is 131 Å². The second-order valence-electron chi connectivity index (χ2n) is 5.84. The van der Waals surface area contributed by atoms with Crippen molar-refractivity contribution in [3.8, 4) is 0 Å². The lowest BCUT2D eigenvalue weighted by molar-refractivity contribution is 0.685. The van der Waals surface area contributed by atoms with Gasteiger partial charge in [-0.2, -0.15) is 0 Å². The van der Waals surface area contributed by atoms with Crippen molar-refractivity contribution in [1.29, 1.82) is 0 Å². The second-order valence-corrected chi connectivity index (χ2v) is 5.84. The molecule has 1 aromatic heterocycles. The van der Waals surface area contributed by atoms with Crippen LogP contribution in [-0.2, 0) is 0 Å². The summed E-state index contributed by atoms with van der Waals surface area (Å²) in [6, 6.07) is 14.4. The van der Waals surface area contributed by atoms with Gasteiger partial charge < -0.3 is 11.1 Å². The van der Waals surface area contributed by atoms with Crippen LogP contribution in [0.5, 0.6) is 0 Å². The number of anilines is 2. The zero-order valence-corrected chi connectivity index (χ0v) is 13.1. The number of nitrogen functional groups attached to an aromatic ring is 1. The summed E-state index contributed by atoms with van der Waals surface area (Å²) in [6.07, 6.45) is 5.09. The zero-order chi connectivity index (χ0) is 15.4. The van der Waals surface area contributed by atoms with Crippen molar-refractivity contribution in [2.75, 3.05) is 17.6 Å². The van der Waals surface area contributed by atoms with E-state index in [0.717, 1.165) is 39.7 Å². The van der Waals surface area contributed by atoms with Crippen LogP contribution in [0.15, 0.2) is 42.5 Å². The Morgan fingerprint density at radius 2 is 1.68 bits per heavy atom. The fraction of sp³-hybridized carbons (Fsp3) is 0.316. The second kappa shape index (κ2) is 6.65. The van der Waals surface area contributed by atoms with E-state index in [0.29, 0.717) is 0 Å². The van der Waals surface area contributed by atoms with Gasteiger partial charge in [0.15, 0.2) is 0 Å². The molecule has 0 aliphatic heterocycles. The smallest absolute Gasteiger partial charge is 0.0730 e. The summed E-state index contributed by atoms with van der Waals surface area (Å²) < 4.78 is 0. The van der Waals surface area contributed by atoms with Crippen molar-refractivity contribution in [3.63, 3.8) is 0 Å². The van der Waals surface area contributed by atoms with Crippen molar-refractivity contribution in [2.45, 2.75) is 32.6 Å². The van der Waals surface area contributed by atoms with E-state index in [9.17, 15) is 0 Å². The van der Waals surface area contributed by atoms with E-state index in [1.807, 2.05) is 18.2 Å². The highest BCUT2D eigenvalue weighted by molar-refractivity contribution is 5.94. The van der Waals surface area contributed by atoms with Crippen LogP contribution in [-0.4, -0.2) is 11.5 Å². The van der Waals surface area contributed by atoms with Gasteiger partial charge in [-0.25, -0.2) is 4.98 Å². The number of hydrogen-bond donors (Lipinski definition) is 2. The monoisotopic (exact) mass is 293 g/mol. The van der Waals surface area contributed by atoms with Crippen molar-refractivity contribution >= 4 is 33.2 Å². The van der Waals surface area contributed by atoms with Crippen LogP contribution in [0.2, 0.25) is 0 Å². The molecule has 3 N–H and O–H groups in total. The predicted molar refractivity (Wildman–Crippen MR) is 96.3 cm³/mol. The average molecular weight is 293 g/mol. The molecule has 22 heavy (non-hydrogen) atoms. The number of rotatable bonds is 6. The molecule has 114 valence electrons. The maximum atomic E-state index is 5.85. The SMILES string of the molecule is CCCCCCNc1ccc2cc3ccc(N)cc3nc2c1. The molecule has 0 amide bonds. The number of nitrogens with two attached hydrogens (primary N) is 1. The molecular weight excluding hydrogens is 270 g/mol. The molecule has 3 nitrogen and oxygen atoms in total. The predicted octanol–water partition coefficient (Wildman–Crippen LogP) is 4.96. The molecule has 0 radical (unpaired) electrons. The highest BCUT2D eigenvalue weighted by Crippen LogP contribution is 2.23. The van der Waals surface area contributed by atoms with Crippen molar-refractivity contribution in [2.24, 2.45) is 0 Å². The van der Waals surface area contributed by atoms with Crippen LogP contribution in [0.1, 0.15) is 32.6 Å². The summed E-state index contributed by atoms with van der Waals surface area (Å²) in [5.41, 5.74) is 9.71. The minimum absolute atomic E-state index is 0.754. The third-order valence-corrected chi connectivity index (χ3v) is 4.00. The number of nitrogens with zero attached hydrogens (tertiary/aromatic N) is 1. The Hall–Kier alpha value is -2.29. The lowest BCUT2D eigenvalue weighted by Gasteiger charge is -2.08. The van der Waals surface area contributed by atoms with E-state index in [1.54, 1.807) is 0 Å². The van der Waals surface area contributed by atoms with Gasteiger partial charge in [0.05, 0.1) is 11.0 Å². The van der Waals surface area contributed by atoms with Gasteiger partial charge in [-0.3, -0.25) is 0 Å². The van der Waals surface area contributed by atoms with E-state index >= 15 is 0 Å². The summed E-state index contributed by atoms with van der Waals surface area (Å²) in [6.45, 7) is 3.26. The lowest BCUT2D eigenvalue weighted by atomic mass is 10.1. The van der Waals surface area contributed by atoms with Gasteiger partial charge in [0.2, 0.25) is 0 Å². The third-order valence-electron chi connectivity index (χ3n) is 4.00. The molecule has 0 saturated heterocycles. The standard InChI is InChI=1S/C19H23N3/c1-2-3-4-5-10-21-17-9-7-15-11-14-6-8-16(20)12-18(14)22-19(15)13-17/h6-9,11-13,21H,2-5,10,20H2,1H3. The van der Waals surface area contributed by atoms with Crippen molar-refractivity contribution in [1.82, 2.24) is 4.98 Å². The van der Waals surface area contributed by atoms with Gasteiger partial charge in [-0.1, -0.05) is 38.3 Å². The largest absolute Gasteiger partial charge is 0.399 e. The Balaban J connectivity index is 1.80. The summed E-state index contributed by atoms with van der Waals surface area (Å²) in [5.74, 6) is 0. The first kappa shape index (κ1) is 14.6. The number of fused-ring (bicyclic) bond motifs is 2. The van der Waals surface area contributed by atoms with Gasteiger partial charge in [0, 0.05) is 28.7 Å². The molecule has 3 aromatic rings. The highest BCUT2D eigenvalue weighted by Gasteiger charge is 2.02. The van der Waals surface area contributed by atoms with Gasteiger partial charge in [0.1, 0.15) is 0 Å². The third kappa shape index (κ3) is 3.30. The van der Waals surface area contributed by atoms with E-state index in [1.165, 1.54) is 25.7 Å². The first-order valence-corrected chi connectivity index (χ1v) is 8.10. The molecule has 0 unspecified atom stereocenters. The van der Waals surface area contributed by atoms with Crippen molar-refractivity contribution in [3.05, 3.63) is 42.5 Å². The van der Waals surface area contributed by atoms with Crippen LogP contribution in [0, 0.1) is 0 Å². The van der Waals surface area contributed by atoms with E-state index in [-0.39, 0.29) is 0 Å². The number of hydrogen-bond acceptors (Lipinski definition) is 3. The number of aromatic nitrogens is 1. The zero-order valence-electron chi connectivity index (χ0n) is 13.1. The highest BCUT2D eigenvalue weighted by atomic mass is 14.9. The van der Waals surface area contributed by atoms with Gasteiger partial charge in [-0.15, -0.1) is 0 Å². The minimum Gasteiger partial charge on any atom is -0.399 e. The fourth-order valence-corrected chi connectivity index (χ4v) is 2.73. The van der Waals surface area contributed by atoms with E-state index < -0.39 is 0 Å². The molecular formula is C19H23N3. The van der Waals surface area contributed by atoms with Crippen LogP contribution in [0.25, 0.3) is 21.8 Å². The molecule has 2 aromatic carbocycles. The maximum absolute atomic E-state index is 5.85. The van der Waals surface area contributed by atoms with Gasteiger partial charge >= 0.3 is 0 Å². The summed E-state index contributed by atoms with van der Waals surface area (Å²) in [7, 11) is 0. The first-order valence-electron chi connectivity index (χ1n) is 8.10. The molecule has 3 rings (SSSR count). The number of pyridine rings is 1. The molecule has 0 atom stereocenters. The molecule has 0 fully saturated rings. The average Bonchev–Trinajstić information content (AvgIpc) is 2.52. The summed E-state index contributed by atoms with van der Waals surface area (Å²) in [5, 5.41) is 5.78. The number of nitrogens with one attached hydrogen (secondary N) is 1. The maximum Gasteiger partial charge on any atom is 0.0730 e. The minimum atomic E-state index is 0.754. The van der Waals surface area contributed by atoms with Gasteiger partial charge in [-0.05, 0) is 36.8 Å². The fourth-order valence-electron chi connectivity index (χ4n) is 2.73. The van der Waals surface area contributed by atoms with Gasteiger partial charge in [0.25, 0.3) is 0 Å². The molecule has 3 heteroatoms. The Morgan fingerprint density at radius 3 is 2.50 bits per heavy atom. The molecule has 0 aliphatic carbocycles. The molecule has 0 bridgehead atoms. The summed E-state index contributed by atoms with van der Waals surface area (Å²) in [4.78, 5) is 4.74. The lowest BCUT2D eigenvalue weighted by Crippen LogP contribution is -2.01. The van der Waals surface area contributed by atoms with E-state index in [4.69, 9.17) is 10.7 Å². The molecule has 0 aliphatic rings. The normalized spacial score (nSPS) is 11.1. The number of benzene rings is 2. The molecule has 1 heterocycles. The number of unbranched alkanes of at least 4 members (excludes halogenated alkanes) is 3. The Kier molecular flexibility index (Phi) is 4.42. The van der Waals surface area contributed by atoms with Crippen LogP contribution in [0.3, 0.4) is 0 Å². The quantitative estimate of drug-likeness (QED) is 0.383. The van der Waals surface area contributed by atoms with Crippen LogP contribution in [0.4, 0.5) is 11.4 Å². The first-order chi connectivity index (χ1) is 10.8. The van der Waals surface area contributed by atoms with Crippen LogP contribution >= 0.6 is 0 Å². The van der Waals surface area contributed by atoms with Crippen LogP contribution < -0.4 is 11.1 Å². The topological polar surface area (TPSA) is 50.9 Å². The Bertz CT molecular complexity index is 780. The summed E-state index contributed by atoms with van der Waals surface area (Å²) >= 11 is 0. The Morgan fingerprint density at radius 1 is 0.909 bits per heavy atom. The van der Waals surface area contributed by atoms with Crippen molar-refractivity contribution < 1.29 is 0 Å².